The van der Waals surface area contributed by atoms with Crippen molar-refractivity contribution < 1.29 is 9.18 Å². The number of amides is 1. The van der Waals surface area contributed by atoms with Gasteiger partial charge in [0, 0.05) is 37.8 Å². The summed E-state index contributed by atoms with van der Waals surface area (Å²) in [4.78, 5) is 20.7. The highest BCUT2D eigenvalue weighted by atomic mass is 19.1. The molecule has 2 aromatic heterocycles. The Hall–Kier alpha value is -3.12. The normalized spacial score (nSPS) is 13.1. The molecule has 0 bridgehead atoms. The van der Waals surface area contributed by atoms with Crippen LogP contribution in [0.5, 0.6) is 0 Å². The van der Waals surface area contributed by atoms with Gasteiger partial charge >= 0.3 is 0 Å². The molecule has 0 aliphatic carbocycles. The van der Waals surface area contributed by atoms with Gasteiger partial charge in [0.25, 0.3) is 0 Å². The van der Waals surface area contributed by atoms with Crippen molar-refractivity contribution in [2.24, 2.45) is 5.73 Å². The smallest absolute Gasteiger partial charge is 0.242 e. The predicted octanol–water partition coefficient (Wildman–Crippen LogP) is 2.33. The zero-order valence-electron chi connectivity index (χ0n) is 14.1. The maximum atomic E-state index is 13.4. The van der Waals surface area contributed by atoms with Crippen molar-refractivity contribution in [1.82, 2.24) is 15.3 Å². The Morgan fingerprint density at radius 3 is 2.15 bits per heavy atom. The van der Waals surface area contributed by atoms with Crippen molar-refractivity contribution in [2.45, 2.75) is 18.5 Å². The van der Waals surface area contributed by atoms with Crippen LogP contribution in [0.2, 0.25) is 0 Å². The van der Waals surface area contributed by atoms with Gasteiger partial charge in [0.15, 0.2) is 0 Å². The first-order valence-electron chi connectivity index (χ1n) is 8.19. The van der Waals surface area contributed by atoms with Crippen LogP contribution in [0.4, 0.5) is 4.39 Å². The van der Waals surface area contributed by atoms with Crippen LogP contribution in [-0.4, -0.2) is 15.9 Å². The standard InChI is InChI=1S/C20H19FN4O/c21-18-7-5-17(6-8-18)20(19(22)26,11-15-3-1-9-23-12-15)25-14-16-4-2-10-24-13-16/h1-10,12-13,25H,11,14H2,(H2,22,26). The van der Waals surface area contributed by atoms with Gasteiger partial charge in [-0.3, -0.25) is 20.1 Å². The molecule has 2 heterocycles. The van der Waals surface area contributed by atoms with Gasteiger partial charge in [0.1, 0.15) is 11.4 Å². The van der Waals surface area contributed by atoms with Gasteiger partial charge in [-0.05, 0) is 41.0 Å². The molecule has 1 unspecified atom stereocenters. The van der Waals surface area contributed by atoms with Crippen LogP contribution in [0.15, 0.2) is 73.3 Å². The number of benzene rings is 1. The molecule has 3 rings (SSSR count). The van der Waals surface area contributed by atoms with Crippen LogP contribution in [0.3, 0.4) is 0 Å². The summed E-state index contributed by atoms with van der Waals surface area (Å²) < 4.78 is 13.4. The SMILES string of the molecule is NC(=O)C(Cc1cccnc1)(NCc1cccnc1)c1ccc(F)cc1. The first kappa shape index (κ1) is 17.7. The van der Waals surface area contributed by atoms with E-state index in [1.165, 1.54) is 12.1 Å². The maximum absolute atomic E-state index is 13.4. The molecule has 0 aliphatic heterocycles. The lowest BCUT2D eigenvalue weighted by atomic mass is 9.83. The third kappa shape index (κ3) is 3.92. The minimum atomic E-state index is -1.20. The summed E-state index contributed by atoms with van der Waals surface area (Å²) in [6.07, 6.45) is 7.04. The van der Waals surface area contributed by atoms with E-state index in [4.69, 9.17) is 5.73 Å². The fourth-order valence-electron chi connectivity index (χ4n) is 2.88. The molecule has 0 saturated heterocycles. The number of carbonyl (C=O) groups excluding carboxylic acids is 1. The van der Waals surface area contributed by atoms with Crippen molar-refractivity contribution in [3.63, 3.8) is 0 Å². The van der Waals surface area contributed by atoms with E-state index in [1.54, 1.807) is 43.0 Å². The van der Waals surface area contributed by atoms with Crippen LogP contribution in [0.1, 0.15) is 16.7 Å². The summed E-state index contributed by atoms with van der Waals surface area (Å²) in [7, 11) is 0. The molecule has 3 N–H and O–H groups in total. The van der Waals surface area contributed by atoms with Gasteiger partial charge < -0.3 is 5.73 Å². The lowest BCUT2D eigenvalue weighted by Crippen LogP contribution is -2.54. The number of rotatable bonds is 7. The van der Waals surface area contributed by atoms with Gasteiger partial charge in [-0.2, -0.15) is 0 Å². The minimum absolute atomic E-state index is 0.294. The molecule has 6 heteroatoms. The van der Waals surface area contributed by atoms with Gasteiger partial charge in [0.05, 0.1) is 0 Å². The summed E-state index contributed by atoms with van der Waals surface area (Å²) in [6, 6.07) is 13.2. The highest BCUT2D eigenvalue weighted by molar-refractivity contribution is 5.86. The first-order chi connectivity index (χ1) is 12.6. The number of hydrogen-bond acceptors (Lipinski definition) is 4. The van der Waals surface area contributed by atoms with Crippen LogP contribution < -0.4 is 11.1 Å². The number of aromatic nitrogens is 2. The van der Waals surface area contributed by atoms with Crippen molar-refractivity contribution in [3.05, 3.63) is 95.8 Å². The van der Waals surface area contributed by atoms with Gasteiger partial charge in [-0.1, -0.05) is 24.3 Å². The fourth-order valence-corrected chi connectivity index (χ4v) is 2.88. The molecular weight excluding hydrogens is 331 g/mol. The fraction of sp³-hybridized carbons (Fsp3) is 0.150. The predicted molar refractivity (Wildman–Crippen MR) is 96.3 cm³/mol. The summed E-state index contributed by atoms with van der Waals surface area (Å²) in [5.41, 5.74) is 6.97. The number of carbonyl (C=O) groups is 1. The Labute approximate surface area is 151 Å². The minimum Gasteiger partial charge on any atom is -0.368 e. The average Bonchev–Trinajstić information content (AvgIpc) is 2.67. The number of halogens is 1. The molecule has 26 heavy (non-hydrogen) atoms. The van der Waals surface area contributed by atoms with Gasteiger partial charge in [0.2, 0.25) is 5.91 Å². The molecular formula is C20H19FN4O. The summed E-state index contributed by atoms with van der Waals surface area (Å²) in [6.45, 7) is 0.383. The van der Waals surface area contributed by atoms with Gasteiger partial charge in [-0.15, -0.1) is 0 Å². The van der Waals surface area contributed by atoms with E-state index in [9.17, 15) is 9.18 Å². The van der Waals surface area contributed by atoms with E-state index >= 15 is 0 Å². The van der Waals surface area contributed by atoms with E-state index in [0.717, 1.165) is 11.1 Å². The van der Waals surface area contributed by atoms with Crippen LogP contribution in [0, 0.1) is 5.82 Å². The zero-order chi connectivity index (χ0) is 18.4. The lowest BCUT2D eigenvalue weighted by Gasteiger charge is -2.32. The van der Waals surface area contributed by atoms with E-state index < -0.39 is 11.4 Å². The number of hydrogen-bond donors (Lipinski definition) is 2. The average molecular weight is 350 g/mol. The second kappa shape index (κ2) is 7.84. The van der Waals surface area contributed by atoms with Crippen LogP contribution >= 0.6 is 0 Å². The van der Waals surface area contributed by atoms with E-state index in [0.29, 0.717) is 18.5 Å². The zero-order valence-corrected chi connectivity index (χ0v) is 14.1. The molecule has 1 aromatic carbocycles. The van der Waals surface area contributed by atoms with Crippen molar-refractivity contribution in [3.8, 4) is 0 Å². The molecule has 132 valence electrons. The van der Waals surface area contributed by atoms with E-state index in [-0.39, 0.29) is 5.82 Å². The second-order valence-electron chi connectivity index (χ2n) is 6.03. The number of nitrogens with zero attached hydrogens (tertiary/aromatic N) is 2. The summed E-state index contributed by atoms with van der Waals surface area (Å²) >= 11 is 0. The Bertz CT molecular complexity index is 856. The monoisotopic (exact) mass is 350 g/mol. The number of pyridine rings is 2. The topological polar surface area (TPSA) is 80.9 Å². The van der Waals surface area contributed by atoms with Crippen molar-refractivity contribution >= 4 is 5.91 Å². The van der Waals surface area contributed by atoms with Gasteiger partial charge in [-0.25, -0.2) is 4.39 Å². The second-order valence-corrected chi connectivity index (χ2v) is 6.03. The molecule has 0 radical (unpaired) electrons. The number of nitrogens with two attached hydrogens (primary N) is 1. The number of primary amides is 1. The largest absolute Gasteiger partial charge is 0.368 e. The van der Waals surface area contributed by atoms with Crippen LogP contribution in [-0.2, 0) is 23.3 Å². The van der Waals surface area contributed by atoms with E-state index in [2.05, 4.69) is 15.3 Å². The van der Waals surface area contributed by atoms with Crippen molar-refractivity contribution in [1.29, 1.82) is 0 Å². The summed E-state index contributed by atoms with van der Waals surface area (Å²) in [5.74, 6) is -0.919. The van der Waals surface area contributed by atoms with Crippen molar-refractivity contribution in [2.75, 3.05) is 0 Å². The summed E-state index contributed by atoms with van der Waals surface area (Å²) in [5, 5.41) is 3.27. The molecule has 1 atom stereocenters. The molecule has 5 nitrogen and oxygen atoms in total. The Morgan fingerprint density at radius 1 is 1.00 bits per heavy atom. The Balaban J connectivity index is 1.99. The Morgan fingerprint density at radius 2 is 1.62 bits per heavy atom. The number of nitrogens with one attached hydrogen (secondary N) is 1. The molecule has 3 aromatic rings. The molecule has 0 aliphatic rings. The third-order valence-corrected chi connectivity index (χ3v) is 4.27. The molecule has 0 saturated carbocycles. The highest BCUT2D eigenvalue weighted by Gasteiger charge is 2.38. The first-order valence-corrected chi connectivity index (χ1v) is 8.19. The lowest BCUT2D eigenvalue weighted by molar-refractivity contribution is -0.125. The maximum Gasteiger partial charge on any atom is 0.242 e. The molecule has 1 amide bonds. The van der Waals surface area contributed by atoms with Crippen LogP contribution in [0.25, 0.3) is 0 Å². The third-order valence-electron chi connectivity index (χ3n) is 4.27. The molecule has 0 spiro atoms. The molecule has 0 fully saturated rings. The highest BCUT2D eigenvalue weighted by Crippen LogP contribution is 2.27. The van der Waals surface area contributed by atoms with E-state index in [1.807, 2.05) is 18.2 Å². The Kier molecular flexibility index (Phi) is 5.34. The quantitative estimate of drug-likeness (QED) is 0.685.